The molecule has 0 amide bonds. The van der Waals surface area contributed by atoms with E-state index in [2.05, 4.69) is 115 Å². The fourth-order valence-electron chi connectivity index (χ4n) is 14.3. The Morgan fingerprint density at radius 2 is 0.773 bits per heavy atom. The normalized spacial score (nSPS) is 11.4. The van der Waals surface area contributed by atoms with Gasteiger partial charge in [0.2, 0.25) is 29.7 Å². The van der Waals surface area contributed by atoms with Crippen LogP contribution in [0.25, 0.3) is 106 Å². The number of aromatic amines is 5. The van der Waals surface area contributed by atoms with Crippen LogP contribution in [0.5, 0.6) is 11.5 Å². The van der Waals surface area contributed by atoms with Crippen molar-refractivity contribution in [1.29, 1.82) is 0 Å². The minimum atomic E-state index is 0.457. The number of aromatic nitrogens is 26. The highest BCUT2D eigenvalue weighted by molar-refractivity contribution is 6.31. The molecule has 0 fully saturated rings. The summed E-state index contributed by atoms with van der Waals surface area (Å²) in [7, 11) is 1.64. The number of nitrogens with zero attached hydrogens (tertiary/aromatic N) is 21. The number of benzene rings is 9. The van der Waals surface area contributed by atoms with Crippen LogP contribution in [-0.2, 0) is 12.8 Å². The molecule has 0 atom stereocenters. The number of anilines is 11. The molecule has 0 spiro atoms. The van der Waals surface area contributed by atoms with E-state index in [1.807, 2.05) is 278 Å². The zero-order valence-corrected chi connectivity index (χ0v) is 75.2. The number of ether oxygens (including phenoxy) is 2. The van der Waals surface area contributed by atoms with Gasteiger partial charge in [-0.1, -0.05) is 89.4 Å². The van der Waals surface area contributed by atoms with E-state index in [0.717, 1.165) is 173 Å². The highest BCUT2D eigenvalue weighted by Crippen LogP contribution is 2.37. The molecule has 0 unspecified atom stereocenters. The van der Waals surface area contributed by atoms with Gasteiger partial charge in [0, 0.05) is 106 Å². The van der Waals surface area contributed by atoms with Crippen molar-refractivity contribution < 1.29 is 9.47 Å². The van der Waals surface area contributed by atoms with E-state index >= 15 is 0 Å². The third-order valence-corrected chi connectivity index (χ3v) is 21.2. The van der Waals surface area contributed by atoms with Gasteiger partial charge in [0.1, 0.15) is 75.2 Å². The SMILES string of the molecule is CCNc1ccc2c(Nc3n[nH]c(C)n3)nc(-c3ccc(Cl)cc3)nc2c1.CCOc1cccc2c(Nc3n[nH]c(C)n3)nc(-c3ccccc3)nc12.COc1cccc(-c2nc(Nc3n[nH]c(C)n3)c3ccc(C)cc3n2)c1.Cc1nc(Nc2nc(-c3ccc(Cl)cc3)nc3c2CCCC3)n[nH]1.Cc1nc(Nc2nc(-c3ccc(Cl)cc3)nc3cc(-n4cccc4)ccc23)n[nH]1. The molecule has 21 rings (SSSR count). The Morgan fingerprint density at radius 3 is 1.26 bits per heavy atom. The van der Waals surface area contributed by atoms with Crippen LogP contribution >= 0.6 is 34.8 Å². The van der Waals surface area contributed by atoms with Crippen molar-refractivity contribution in [3.63, 3.8) is 0 Å². The lowest BCUT2D eigenvalue weighted by Crippen LogP contribution is -2.12. The number of aryl methyl sites for hydroxylation is 7. The second-order valence-corrected chi connectivity index (χ2v) is 31.5. The molecule has 1 aliphatic carbocycles. The van der Waals surface area contributed by atoms with Crippen molar-refractivity contribution in [3.8, 4) is 74.1 Å². The molecular weight excluding hydrogens is 1730 g/mol. The predicted molar refractivity (Wildman–Crippen MR) is 517 cm³/mol. The minimum Gasteiger partial charge on any atom is -0.497 e. The van der Waals surface area contributed by atoms with Crippen LogP contribution in [0.1, 0.15) is 72.6 Å². The molecule has 9 aromatic carbocycles. The Balaban J connectivity index is 0.000000115. The van der Waals surface area contributed by atoms with Crippen LogP contribution < -0.4 is 41.4 Å². The first kappa shape index (κ1) is 87.7. The van der Waals surface area contributed by atoms with Crippen molar-refractivity contribution in [2.45, 2.75) is 81.1 Å². The van der Waals surface area contributed by atoms with Crippen LogP contribution in [0.3, 0.4) is 0 Å². The Bertz CT molecular complexity index is 7420. The van der Waals surface area contributed by atoms with Gasteiger partial charge in [0.05, 0.1) is 30.3 Å². The summed E-state index contributed by atoms with van der Waals surface area (Å²) in [5.74, 6) is 14.0. The lowest BCUT2D eigenvalue weighted by Gasteiger charge is -2.19. The quantitative estimate of drug-likeness (QED) is 0.0318. The van der Waals surface area contributed by atoms with Gasteiger partial charge in [-0.3, -0.25) is 25.5 Å². The molecule has 34 nitrogen and oxygen atoms in total. The van der Waals surface area contributed by atoms with E-state index in [9.17, 15) is 0 Å². The molecule has 0 aliphatic heterocycles. The Morgan fingerprint density at radius 1 is 0.356 bits per heavy atom. The van der Waals surface area contributed by atoms with E-state index in [1.54, 1.807) is 7.11 Å². The largest absolute Gasteiger partial charge is 0.497 e. The molecule has 1 aliphatic rings. The number of hydrogen-bond donors (Lipinski definition) is 11. The van der Waals surface area contributed by atoms with Crippen LogP contribution in [0.4, 0.5) is 64.5 Å². The van der Waals surface area contributed by atoms with E-state index in [-0.39, 0.29) is 0 Å². The molecule has 11 N–H and O–H groups in total. The average Bonchev–Trinajstić information content (AvgIpc) is 1.14. The Kier molecular flexibility index (Phi) is 26.8. The van der Waals surface area contributed by atoms with E-state index in [4.69, 9.17) is 94.1 Å². The number of hydrogen-bond acceptors (Lipinski definition) is 28. The molecule has 0 saturated carbocycles. The van der Waals surface area contributed by atoms with Gasteiger partial charge >= 0.3 is 0 Å². The number of rotatable bonds is 21. The van der Waals surface area contributed by atoms with E-state index < -0.39 is 0 Å². The van der Waals surface area contributed by atoms with Crippen LogP contribution in [-0.4, -0.2) is 151 Å². The smallest absolute Gasteiger partial charge is 0.247 e. The number of fused-ring (bicyclic) bond motifs is 5. The first-order chi connectivity index (χ1) is 64.3. The number of nitrogens with one attached hydrogen (secondary N) is 11. The van der Waals surface area contributed by atoms with Crippen molar-refractivity contribution in [1.82, 2.24) is 130 Å². The van der Waals surface area contributed by atoms with Crippen molar-refractivity contribution in [3.05, 3.63) is 286 Å². The molecule has 0 radical (unpaired) electrons. The topological polar surface area (TPSA) is 432 Å². The first-order valence-corrected chi connectivity index (χ1v) is 43.4. The van der Waals surface area contributed by atoms with Crippen molar-refractivity contribution in [2.75, 3.05) is 52.2 Å². The fraction of sp³-hybridized carbons (Fsp3) is 0.158. The summed E-state index contributed by atoms with van der Waals surface area (Å²) in [6.07, 6.45) is 8.25. The van der Waals surface area contributed by atoms with Crippen LogP contribution in [0.15, 0.2) is 225 Å². The molecule has 37 heteroatoms. The number of para-hydroxylation sites is 1. The van der Waals surface area contributed by atoms with Gasteiger partial charge < -0.3 is 45.9 Å². The summed E-state index contributed by atoms with van der Waals surface area (Å²) in [5, 5.41) is 59.7. The molecule has 11 aromatic heterocycles. The third-order valence-electron chi connectivity index (χ3n) is 20.5. The summed E-state index contributed by atoms with van der Waals surface area (Å²) >= 11 is 18.0. The van der Waals surface area contributed by atoms with Crippen LogP contribution in [0.2, 0.25) is 15.1 Å². The standard InChI is InChI=1S/C21H16ClN7.C19H18ClN7.2C19H18N6O.C17H17ClN6/c1-13-23-21(28-27-13)26-20-17-9-8-16(29-10-2-3-11-29)12-18(17)24-19(25-20)14-4-6-15(22)7-5-14;1-3-21-14-8-9-15-16(10-14)23-17(12-4-6-13(20)7-5-12)24-18(15)25-19-22-11(2)26-27-19;1-11-7-8-15-16(9-11)21-17(13-5-4-6-14(10-13)26-3)22-18(15)23-19-20-12(2)24-25-19;1-3-26-15-11-7-10-14-16(15)21-17(13-8-5-4-6-9-13)22-18(14)23-19-20-12(2)24-25-19;1-10-19-17(24-23-10)22-16-13-4-2-3-5-14(13)20-15(21-16)11-6-8-12(18)9-7-11/h2-12H,1H3,(H2,23,24,25,26,27,28);4-10,21H,3H2,1-2H3,(H2,22,23,24,25,26,27);4-10H,1-3H3,(H2,20,21,22,23,24,25);4-11H,3H2,1-2H3,(H2,20,21,22,23,24,25);6-9H,2-5H2,1H3,(H2,19,20,21,22,23,24). The van der Waals surface area contributed by atoms with Gasteiger partial charge in [-0.25, -0.2) is 49.8 Å². The van der Waals surface area contributed by atoms with Crippen LogP contribution in [0, 0.1) is 41.5 Å². The molecule has 0 saturated heterocycles. The molecule has 11 heterocycles. The van der Waals surface area contributed by atoms with Gasteiger partial charge in [-0.05, 0) is 244 Å². The lowest BCUT2D eigenvalue weighted by atomic mass is 9.96. The highest BCUT2D eigenvalue weighted by Gasteiger charge is 2.23. The third kappa shape index (κ3) is 21.4. The van der Waals surface area contributed by atoms with Gasteiger partial charge in [0.15, 0.2) is 29.1 Å². The van der Waals surface area contributed by atoms with Crippen molar-refractivity contribution >= 4 is 143 Å². The molecule has 132 heavy (non-hydrogen) atoms. The number of H-pyrrole nitrogens is 5. The highest BCUT2D eigenvalue weighted by atomic mass is 35.5. The predicted octanol–water partition coefficient (Wildman–Crippen LogP) is 21.0. The molecular formula is C95H87Cl3N32O2. The maximum Gasteiger partial charge on any atom is 0.247 e. The summed E-state index contributed by atoms with van der Waals surface area (Å²) in [6, 6.07) is 67.9. The average molecular weight is 1820 g/mol. The van der Waals surface area contributed by atoms with E-state index in [0.29, 0.717) is 104 Å². The first-order valence-electron chi connectivity index (χ1n) is 42.2. The minimum absolute atomic E-state index is 0.457. The van der Waals surface area contributed by atoms with Gasteiger partial charge in [0.25, 0.3) is 0 Å². The zero-order valence-electron chi connectivity index (χ0n) is 72.9. The maximum absolute atomic E-state index is 6.04. The summed E-state index contributed by atoms with van der Waals surface area (Å²) in [4.78, 5) is 68.9. The van der Waals surface area contributed by atoms with Gasteiger partial charge in [-0.2, -0.15) is 24.9 Å². The lowest BCUT2D eigenvalue weighted by molar-refractivity contribution is 0.343. The summed E-state index contributed by atoms with van der Waals surface area (Å²) < 4.78 is 13.1. The summed E-state index contributed by atoms with van der Waals surface area (Å²) in [5.41, 5.74) is 13.2. The van der Waals surface area contributed by atoms with Crippen molar-refractivity contribution in [2.24, 2.45) is 0 Å². The zero-order chi connectivity index (χ0) is 91.1. The van der Waals surface area contributed by atoms with Gasteiger partial charge in [-0.15, -0.1) is 25.5 Å². The maximum atomic E-state index is 6.04. The molecule has 20 aromatic rings. The Hall–Kier alpha value is -16.3. The second-order valence-electron chi connectivity index (χ2n) is 30.2. The number of halogens is 3. The second kappa shape index (κ2) is 40.3. The Labute approximate surface area is 771 Å². The summed E-state index contributed by atoms with van der Waals surface area (Å²) in [6.45, 7) is 16.7. The molecule has 0 bridgehead atoms. The number of methoxy groups -OCH3 is 1. The van der Waals surface area contributed by atoms with E-state index in [1.165, 1.54) is 5.56 Å². The monoisotopic (exact) mass is 1810 g/mol. The molecule has 660 valence electrons. The fourth-order valence-corrected chi connectivity index (χ4v) is 14.6.